The molecule has 6 heteroatoms. The maximum Gasteiger partial charge on any atom is 0.211 e. The largest absolute Gasteiger partial charge is 0.315 e. The normalized spacial score (nSPS) is 18.5. The molecular formula is C15H33N3O2S. The Morgan fingerprint density at radius 1 is 1.14 bits per heavy atom. The third-order valence-corrected chi connectivity index (χ3v) is 5.58. The van der Waals surface area contributed by atoms with E-state index in [1.807, 2.05) is 0 Å². The van der Waals surface area contributed by atoms with E-state index in [0.29, 0.717) is 18.5 Å². The SMILES string of the molecule is CC(C)NCCCCS(=O)(=O)NCCC1CCN(C)CC1. The van der Waals surface area contributed by atoms with E-state index in [2.05, 4.69) is 35.8 Å². The Labute approximate surface area is 130 Å². The first-order valence-electron chi connectivity index (χ1n) is 8.28. The van der Waals surface area contributed by atoms with Crippen LogP contribution in [0.2, 0.25) is 0 Å². The van der Waals surface area contributed by atoms with Gasteiger partial charge in [-0.05, 0) is 64.7 Å². The second-order valence-corrected chi connectivity index (χ2v) is 8.49. The molecule has 1 heterocycles. The number of sulfonamides is 1. The van der Waals surface area contributed by atoms with E-state index >= 15 is 0 Å². The zero-order valence-electron chi connectivity index (χ0n) is 13.9. The highest BCUT2D eigenvalue weighted by Crippen LogP contribution is 2.18. The lowest BCUT2D eigenvalue weighted by Gasteiger charge is -2.28. The molecule has 21 heavy (non-hydrogen) atoms. The van der Waals surface area contributed by atoms with Crippen LogP contribution in [0.4, 0.5) is 0 Å². The number of unbranched alkanes of at least 4 members (excludes halogenated alkanes) is 1. The number of piperidine rings is 1. The number of hydrogen-bond acceptors (Lipinski definition) is 4. The van der Waals surface area contributed by atoms with Crippen LogP contribution in [-0.4, -0.2) is 58.3 Å². The molecule has 0 aromatic carbocycles. The Bertz CT molecular complexity index is 363. The third kappa shape index (κ3) is 9.45. The van der Waals surface area contributed by atoms with Gasteiger partial charge in [0, 0.05) is 12.6 Å². The third-order valence-electron chi connectivity index (χ3n) is 4.11. The first-order valence-corrected chi connectivity index (χ1v) is 9.93. The van der Waals surface area contributed by atoms with Gasteiger partial charge in [-0.1, -0.05) is 13.8 Å². The van der Waals surface area contributed by atoms with E-state index in [1.165, 1.54) is 12.8 Å². The Kier molecular flexibility index (Phi) is 8.78. The molecular weight excluding hydrogens is 286 g/mol. The van der Waals surface area contributed by atoms with Gasteiger partial charge in [0.05, 0.1) is 5.75 Å². The summed E-state index contributed by atoms with van der Waals surface area (Å²) < 4.78 is 26.5. The molecule has 0 aliphatic carbocycles. The zero-order valence-corrected chi connectivity index (χ0v) is 14.7. The molecule has 0 unspecified atom stereocenters. The maximum absolute atomic E-state index is 11.9. The van der Waals surface area contributed by atoms with Crippen molar-refractivity contribution in [3.05, 3.63) is 0 Å². The van der Waals surface area contributed by atoms with Gasteiger partial charge in [-0.3, -0.25) is 0 Å². The van der Waals surface area contributed by atoms with Gasteiger partial charge in [0.2, 0.25) is 10.0 Å². The number of rotatable bonds is 10. The average molecular weight is 320 g/mol. The Morgan fingerprint density at radius 3 is 2.43 bits per heavy atom. The fraction of sp³-hybridized carbons (Fsp3) is 1.00. The Hall–Kier alpha value is -0.170. The fourth-order valence-corrected chi connectivity index (χ4v) is 3.81. The molecule has 1 fully saturated rings. The van der Waals surface area contributed by atoms with Crippen molar-refractivity contribution in [2.75, 3.05) is 39.0 Å². The van der Waals surface area contributed by atoms with Gasteiger partial charge in [-0.15, -0.1) is 0 Å². The Morgan fingerprint density at radius 2 is 1.81 bits per heavy atom. The van der Waals surface area contributed by atoms with Crippen molar-refractivity contribution in [1.29, 1.82) is 0 Å². The van der Waals surface area contributed by atoms with Crippen molar-refractivity contribution in [3.63, 3.8) is 0 Å². The van der Waals surface area contributed by atoms with Gasteiger partial charge >= 0.3 is 0 Å². The van der Waals surface area contributed by atoms with Crippen molar-refractivity contribution in [3.8, 4) is 0 Å². The molecule has 0 aromatic heterocycles. The highest BCUT2D eigenvalue weighted by atomic mass is 32.2. The second-order valence-electron chi connectivity index (χ2n) is 6.56. The number of nitrogens with one attached hydrogen (secondary N) is 2. The van der Waals surface area contributed by atoms with Gasteiger partial charge < -0.3 is 10.2 Å². The number of likely N-dealkylation sites (tertiary alicyclic amines) is 1. The predicted octanol–water partition coefficient (Wildman–Crippen LogP) is 1.42. The van der Waals surface area contributed by atoms with Gasteiger partial charge in [-0.25, -0.2) is 13.1 Å². The molecule has 5 nitrogen and oxygen atoms in total. The van der Waals surface area contributed by atoms with Crippen LogP contribution < -0.4 is 10.0 Å². The minimum Gasteiger partial charge on any atom is -0.315 e. The highest BCUT2D eigenvalue weighted by Gasteiger charge is 2.17. The minimum atomic E-state index is -3.08. The number of hydrogen-bond donors (Lipinski definition) is 2. The van der Waals surface area contributed by atoms with Crippen molar-refractivity contribution < 1.29 is 8.42 Å². The van der Waals surface area contributed by atoms with Crippen molar-refractivity contribution in [2.24, 2.45) is 5.92 Å². The van der Waals surface area contributed by atoms with E-state index in [0.717, 1.165) is 38.9 Å². The fourth-order valence-electron chi connectivity index (χ4n) is 2.65. The van der Waals surface area contributed by atoms with Gasteiger partial charge in [0.15, 0.2) is 0 Å². The van der Waals surface area contributed by atoms with Crippen LogP contribution in [0.15, 0.2) is 0 Å². The van der Waals surface area contributed by atoms with E-state index in [9.17, 15) is 8.42 Å². The molecule has 0 aromatic rings. The summed E-state index contributed by atoms with van der Waals surface area (Å²) in [5.41, 5.74) is 0. The second kappa shape index (κ2) is 9.77. The summed E-state index contributed by atoms with van der Waals surface area (Å²) in [7, 11) is -0.936. The zero-order chi connectivity index (χ0) is 15.7. The molecule has 0 radical (unpaired) electrons. The standard InChI is InChI=1S/C15H33N3O2S/c1-14(2)16-9-4-5-13-21(19,20)17-10-6-15-7-11-18(3)12-8-15/h14-17H,4-13H2,1-3H3. The summed E-state index contributed by atoms with van der Waals surface area (Å²) in [5, 5.41) is 3.30. The van der Waals surface area contributed by atoms with E-state index < -0.39 is 10.0 Å². The molecule has 1 rings (SSSR count). The molecule has 1 aliphatic heterocycles. The maximum atomic E-state index is 11.9. The van der Waals surface area contributed by atoms with E-state index in [4.69, 9.17) is 0 Å². The van der Waals surface area contributed by atoms with Crippen LogP contribution in [0.25, 0.3) is 0 Å². The van der Waals surface area contributed by atoms with Crippen molar-refractivity contribution in [1.82, 2.24) is 14.9 Å². The van der Waals surface area contributed by atoms with Crippen LogP contribution in [0.1, 0.15) is 46.0 Å². The molecule has 0 bridgehead atoms. The summed E-state index contributed by atoms with van der Waals surface area (Å²) in [4.78, 5) is 2.34. The lowest BCUT2D eigenvalue weighted by molar-refractivity contribution is 0.213. The lowest BCUT2D eigenvalue weighted by Crippen LogP contribution is -2.33. The van der Waals surface area contributed by atoms with Gasteiger partial charge in [-0.2, -0.15) is 0 Å². The van der Waals surface area contributed by atoms with Crippen LogP contribution in [0.5, 0.6) is 0 Å². The average Bonchev–Trinajstić information content (AvgIpc) is 2.40. The van der Waals surface area contributed by atoms with Gasteiger partial charge in [0.25, 0.3) is 0 Å². The highest BCUT2D eigenvalue weighted by molar-refractivity contribution is 7.89. The van der Waals surface area contributed by atoms with E-state index in [-0.39, 0.29) is 5.75 Å². The van der Waals surface area contributed by atoms with Crippen LogP contribution >= 0.6 is 0 Å². The first kappa shape index (κ1) is 18.9. The molecule has 1 aliphatic rings. The van der Waals surface area contributed by atoms with Gasteiger partial charge in [0.1, 0.15) is 0 Å². The molecule has 0 amide bonds. The quantitative estimate of drug-likeness (QED) is 0.598. The van der Waals surface area contributed by atoms with Crippen molar-refractivity contribution in [2.45, 2.75) is 52.0 Å². The smallest absolute Gasteiger partial charge is 0.211 e. The van der Waals surface area contributed by atoms with E-state index in [1.54, 1.807) is 0 Å². The minimum absolute atomic E-state index is 0.250. The summed E-state index contributed by atoms with van der Waals surface area (Å²) >= 11 is 0. The lowest BCUT2D eigenvalue weighted by atomic mass is 9.94. The topological polar surface area (TPSA) is 61.4 Å². The molecule has 1 saturated heterocycles. The molecule has 0 saturated carbocycles. The molecule has 126 valence electrons. The Balaban J connectivity index is 2.07. The van der Waals surface area contributed by atoms with Crippen LogP contribution in [-0.2, 0) is 10.0 Å². The van der Waals surface area contributed by atoms with Crippen LogP contribution in [0.3, 0.4) is 0 Å². The monoisotopic (exact) mass is 319 g/mol. The van der Waals surface area contributed by atoms with Crippen molar-refractivity contribution >= 4 is 10.0 Å². The van der Waals surface area contributed by atoms with Crippen LogP contribution in [0, 0.1) is 5.92 Å². The predicted molar refractivity (Wildman–Crippen MR) is 89.0 cm³/mol. The summed E-state index contributed by atoms with van der Waals surface area (Å²) in [6, 6.07) is 0.467. The molecule has 0 atom stereocenters. The first-order chi connectivity index (χ1) is 9.89. The number of nitrogens with zero attached hydrogens (tertiary/aromatic N) is 1. The summed E-state index contributed by atoms with van der Waals surface area (Å²) in [5.74, 6) is 0.930. The summed E-state index contributed by atoms with van der Waals surface area (Å²) in [6.07, 6.45) is 5.00. The summed E-state index contributed by atoms with van der Waals surface area (Å²) in [6.45, 7) is 7.97. The molecule has 2 N–H and O–H groups in total. The molecule has 0 spiro atoms.